The van der Waals surface area contributed by atoms with E-state index >= 15 is 0 Å². The lowest BCUT2D eigenvalue weighted by atomic mass is 10.0. The van der Waals surface area contributed by atoms with Crippen LogP contribution < -0.4 is 0 Å². The lowest BCUT2D eigenvalue weighted by Crippen LogP contribution is -2.09. The standard InChI is InChI=1S/C11H14Cl2O/c1-2-14-8-9(7-12)10-5-3-4-6-11(10)13/h3-6,9H,2,7-8H2,1H3. The van der Waals surface area contributed by atoms with Crippen molar-refractivity contribution in [3.05, 3.63) is 34.9 Å². The third kappa shape index (κ3) is 3.16. The van der Waals surface area contributed by atoms with Crippen LogP contribution in [0, 0.1) is 0 Å². The summed E-state index contributed by atoms with van der Waals surface area (Å²) < 4.78 is 5.35. The van der Waals surface area contributed by atoms with Gasteiger partial charge in [0.05, 0.1) is 6.61 Å². The van der Waals surface area contributed by atoms with Crippen LogP contribution in [0.2, 0.25) is 5.02 Å². The fourth-order valence-corrected chi connectivity index (χ4v) is 1.83. The van der Waals surface area contributed by atoms with Gasteiger partial charge in [-0.25, -0.2) is 0 Å². The third-order valence-electron chi connectivity index (χ3n) is 2.05. The first-order valence-electron chi connectivity index (χ1n) is 4.67. The van der Waals surface area contributed by atoms with Gasteiger partial charge in [-0.3, -0.25) is 0 Å². The second kappa shape index (κ2) is 6.28. The molecule has 0 amide bonds. The first kappa shape index (κ1) is 11.8. The minimum absolute atomic E-state index is 0.185. The number of hydrogen-bond acceptors (Lipinski definition) is 1. The summed E-state index contributed by atoms with van der Waals surface area (Å²) in [6.07, 6.45) is 0. The fraction of sp³-hybridized carbons (Fsp3) is 0.455. The fourth-order valence-electron chi connectivity index (χ4n) is 1.28. The van der Waals surface area contributed by atoms with Crippen LogP contribution >= 0.6 is 23.2 Å². The van der Waals surface area contributed by atoms with Crippen LogP contribution in [-0.2, 0) is 4.74 Å². The molecule has 14 heavy (non-hydrogen) atoms. The molecule has 0 fully saturated rings. The number of hydrogen-bond donors (Lipinski definition) is 0. The molecule has 0 radical (unpaired) electrons. The van der Waals surface area contributed by atoms with Crippen molar-refractivity contribution in [1.29, 1.82) is 0 Å². The van der Waals surface area contributed by atoms with Gasteiger partial charge in [0, 0.05) is 23.4 Å². The maximum absolute atomic E-state index is 6.06. The monoisotopic (exact) mass is 232 g/mol. The minimum Gasteiger partial charge on any atom is -0.381 e. The lowest BCUT2D eigenvalue weighted by Gasteiger charge is -2.15. The van der Waals surface area contributed by atoms with E-state index in [1.165, 1.54) is 0 Å². The average Bonchev–Trinajstić information content (AvgIpc) is 2.21. The molecule has 0 saturated carbocycles. The molecule has 0 aromatic heterocycles. The zero-order valence-corrected chi connectivity index (χ0v) is 9.68. The molecule has 1 rings (SSSR count). The molecule has 0 heterocycles. The number of alkyl halides is 1. The Bertz CT molecular complexity index is 276. The summed E-state index contributed by atoms with van der Waals surface area (Å²) >= 11 is 11.9. The largest absolute Gasteiger partial charge is 0.381 e. The summed E-state index contributed by atoms with van der Waals surface area (Å²) in [6, 6.07) is 7.75. The molecule has 0 saturated heterocycles. The van der Waals surface area contributed by atoms with Gasteiger partial charge in [0.1, 0.15) is 0 Å². The van der Waals surface area contributed by atoms with Gasteiger partial charge < -0.3 is 4.74 Å². The average molecular weight is 233 g/mol. The first-order chi connectivity index (χ1) is 6.79. The number of ether oxygens (including phenoxy) is 1. The molecule has 0 aliphatic carbocycles. The van der Waals surface area contributed by atoms with Crippen molar-refractivity contribution in [3.8, 4) is 0 Å². The van der Waals surface area contributed by atoms with Gasteiger partial charge in [-0.2, -0.15) is 0 Å². The van der Waals surface area contributed by atoms with Crippen LogP contribution in [0.15, 0.2) is 24.3 Å². The van der Waals surface area contributed by atoms with Crippen molar-refractivity contribution in [2.45, 2.75) is 12.8 Å². The normalized spacial score (nSPS) is 12.8. The maximum Gasteiger partial charge on any atom is 0.0546 e. The van der Waals surface area contributed by atoms with Crippen molar-refractivity contribution in [2.75, 3.05) is 19.1 Å². The molecular weight excluding hydrogens is 219 g/mol. The van der Waals surface area contributed by atoms with Gasteiger partial charge in [-0.1, -0.05) is 29.8 Å². The molecular formula is C11H14Cl2O. The highest BCUT2D eigenvalue weighted by molar-refractivity contribution is 6.31. The smallest absolute Gasteiger partial charge is 0.0546 e. The van der Waals surface area contributed by atoms with Crippen LogP contribution in [0.25, 0.3) is 0 Å². The summed E-state index contributed by atoms with van der Waals surface area (Å²) in [5.41, 5.74) is 1.07. The lowest BCUT2D eigenvalue weighted by molar-refractivity contribution is 0.137. The van der Waals surface area contributed by atoms with E-state index in [9.17, 15) is 0 Å². The van der Waals surface area contributed by atoms with E-state index in [0.717, 1.165) is 10.6 Å². The van der Waals surface area contributed by atoms with Crippen LogP contribution in [0.4, 0.5) is 0 Å². The van der Waals surface area contributed by atoms with E-state index in [0.29, 0.717) is 19.1 Å². The highest BCUT2D eigenvalue weighted by Crippen LogP contribution is 2.25. The van der Waals surface area contributed by atoms with E-state index in [4.69, 9.17) is 27.9 Å². The Morgan fingerprint density at radius 3 is 2.64 bits per heavy atom. The number of benzene rings is 1. The maximum atomic E-state index is 6.06. The summed E-state index contributed by atoms with van der Waals surface area (Å²) in [4.78, 5) is 0. The summed E-state index contributed by atoms with van der Waals surface area (Å²) in [5.74, 6) is 0.717. The van der Waals surface area contributed by atoms with Gasteiger partial charge in [0.25, 0.3) is 0 Å². The predicted molar refractivity (Wildman–Crippen MR) is 61.4 cm³/mol. The molecule has 0 aliphatic heterocycles. The van der Waals surface area contributed by atoms with Crippen LogP contribution in [0.5, 0.6) is 0 Å². The highest BCUT2D eigenvalue weighted by Gasteiger charge is 2.12. The number of rotatable bonds is 5. The molecule has 1 atom stereocenters. The van der Waals surface area contributed by atoms with Gasteiger partial charge in [0.2, 0.25) is 0 Å². The van der Waals surface area contributed by atoms with E-state index in [-0.39, 0.29) is 5.92 Å². The summed E-state index contributed by atoms with van der Waals surface area (Å²) in [5, 5.41) is 0.762. The Morgan fingerprint density at radius 1 is 1.36 bits per heavy atom. The third-order valence-corrected chi connectivity index (χ3v) is 2.77. The van der Waals surface area contributed by atoms with Gasteiger partial charge >= 0.3 is 0 Å². The van der Waals surface area contributed by atoms with Gasteiger partial charge in [-0.15, -0.1) is 11.6 Å². The Hall–Kier alpha value is -0.240. The molecule has 78 valence electrons. The Balaban J connectivity index is 2.73. The van der Waals surface area contributed by atoms with Gasteiger partial charge in [-0.05, 0) is 18.6 Å². The first-order valence-corrected chi connectivity index (χ1v) is 5.59. The minimum atomic E-state index is 0.185. The Kier molecular flexibility index (Phi) is 5.31. The van der Waals surface area contributed by atoms with Crippen LogP contribution in [0.1, 0.15) is 18.4 Å². The van der Waals surface area contributed by atoms with E-state index < -0.39 is 0 Å². The van der Waals surface area contributed by atoms with Crippen molar-refractivity contribution in [3.63, 3.8) is 0 Å². The van der Waals surface area contributed by atoms with Crippen molar-refractivity contribution in [1.82, 2.24) is 0 Å². The van der Waals surface area contributed by atoms with Crippen molar-refractivity contribution >= 4 is 23.2 Å². The van der Waals surface area contributed by atoms with E-state index in [2.05, 4.69) is 0 Å². The summed E-state index contributed by atoms with van der Waals surface area (Å²) in [6.45, 7) is 3.31. The summed E-state index contributed by atoms with van der Waals surface area (Å²) in [7, 11) is 0. The Labute approximate surface area is 95.0 Å². The van der Waals surface area contributed by atoms with Crippen molar-refractivity contribution in [2.24, 2.45) is 0 Å². The predicted octanol–water partition coefficient (Wildman–Crippen LogP) is 3.70. The molecule has 0 spiro atoms. The molecule has 1 aromatic carbocycles. The molecule has 0 bridgehead atoms. The number of halogens is 2. The molecule has 1 unspecified atom stereocenters. The highest BCUT2D eigenvalue weighted by atomic mass is 35.5. The quantitative estimate of drug-likeness (QED) is 0.704. The van der Waals surface area contributed by atoms with Crippen LogP contribution in [0.3, 0.4) is 0 Å². The molecule has 3 heteroatoms. The molecule has 1 aromatic rings. The molecule has 0 N–H and O–H groups in total. The second-order valence-corrected chi connectivity index (χ2v) is 3.75. The molecule has 1 nitrogen and oxygen atoms in total. The SMILES string of the molecule is CCOCC(CCl)c1ccccc1Cl. The topological polar surface area (TPSA) is 9.23 Å². The van der Waals surface area contributed by atoms with Crippen LogP contribution in [-0.4, -0.2) is 19.1 Å². The van der Waals surface area contributed by atoms with E-state index in [1.807, 2.05) is 31.2 Å². The van der Waals surface area contributed by atoms with Crippen molar-refractivity contribution < 1.29 is 4.74 Å². The zero-order valence-electron chi connectivity index (χ0n) is 8.17. The molecule has 0 aliphatic rings. The second-order valence-electron chi connectivity index (χ2n) is 3.03. The zero-order chi connectivity index (χ0) is 10.4. The Morgan fingerprint density at radius 2 is 2.07 bits per heavy atom. The van der Waals surface area contributed by atoms with Gasteiger partial charge in [0.15, 0.2) is 0 Å². The van der Waals surface area contributed by atoms with E-state index in [1.54, 1.807) is 0 Å².